The van der Waals surface area contributed by atoms with E-state index in [0.29, 0.717) is 29.6 Å². The van der Waals surface area contributed by atoms with Crippen molar-refractivity contribution in [2.24, 2.45) is 11.8 Å². The molecule has 3 aromatic rings. The van der Waals surface area contributed by atoms with Crippen molar-refractivity contribution in [1.82, 2.24) is 0 Å². The number of benzene rings is 3. The van der Waals surface area contributed by atoms with E-state index in [-0.39, 0.29) is 58.9 Å². The monoisotopic (exact) mass is 670 g/mol. The summed E-state index contributed by atoms with van der Waals surface area (Å²) in [6.45, 7) is 16.5. The molecule has 0 heterocycles. The van der Waals surface area contributed by atoms with Crippen LogP contribution in [0.1, 0.15) is 95.8 Å². The fraction of sp³-hybridized carbons (Fsp3) is 0.378. The Bertz CT molecular complexity index is 1240. The molecule has 0 amide bonds. The van der Waals surface area contributed by atoms with Gasteiger partial charge in [-0.3, -0.25) is 0 Å². The molecule has 1 fully saturated rings. The molecule has 42 heavy (non-hydrogen) atoms. The molecule has 0 spiro atoms. The minimum Gasteiger partial charge on any atom is -1.00 e. The predicted molar refractivity (Wildman–Crippen MR) is 169 cm³/mol. The van der Waals surface area contributed by atoms with Crippen LogP contribution in [0.5, 0.6) is 0 Å². The summed E-state index contributed by atoms with van der Waals surface area (Å²) < 4.78 is 0. The van der Waals surface area contributed by atoms with Gasteiger partial charge in [0.2, 0.25) is 0 Å². The van der Waals surface area contributed by atoms with Crippen molar-refractivity contribution in [3.8, 4) is 0 Å². The van der Waals surface area contributed by atoms with Gasteiger partial charge in [0.15, 0.2) is 0 Å². The van der Waals surface area contributed by atoms with E-state index >= 15 is 0 Å². The summed E-state index contributed by atoms with van der Waals surface area (Å²) >= 11 is 0. The Morgan fingerprint density at radius 2 is 1.07 bits per heavy atom. The zero-order valence-electron chi connectivity index (χ0n) is 26.1. The van der Waals surface area contributed by atoms with Gasteiger partial charge in [0.05, 0.1) is 8.07 Å². The van der Waals surface area contributed by atoms with E-state index in [9.17, 15) is 0 Å². The van der Waals surface area contributed by atoms with Crippen LogP contribution < -0.4 is 52.8 Å². The Kier molecular flexibility index (Phi) is 15.0. The zero-order chi connectivity index (χ0) is 27.0. The van der Waals surface area contributed by atoms with E-state index in [1.54, 1.807) is 26.7 Å². The first kappa shape index (κ1) is 38.8. The van der Waals surface area contributed by atoms with Crippen molar-refractivity contribution in [1.29, 1.82) is 0 Å². The second-order valence-corrected chi connectivity index (χ2v) is 16.4. The van der Waals surface area contributed by atoms with Gasteiger partial charge in [-0.15, -0.1) is 12.2 Å². The predicted octanol–water partition coefficient (Wildman–Crippen LogP) is -0.808. The van der Waals surface area contributed by atoms with Crippen molar-refractivity contribution in [2.75, 3.05) is 0 Å². The van der Waals surface area contributed by atoms with Crippen LogP contribution in [0, 0.1) is 17.4 Å². The number of halogens is 3. The molecule has 5 rings (SSSR count). The van der Waals surface area contributed by atoms with E-state index in [1.165, 1.54) is 29.5 Å². The molecule has 0 saturated heterocycles. The maximum Gasteiger partial charge on any atom is 4.00 e. The molecular formula is C37H45Cl3SiTi. The SMILES string of the molecule is CC(C)c1cccc([Si](c2cccc(C(C)C)c2)(c2cccc(C(C)C)c2)[C-]2C3=CC=CCC3CC2C)c1.[Cl-].[Cl-].[Cl-].[Ti+4]. The minimum atomic E-state index is -2.58. The molecule has 0 aromatic heterocycles. The largest absolute Gasteiger partial charge is 4.00 e. The molecule has 1 saturated carbocycles. The van der Waals surface area contributed by atoms with Crippen LogP contribution in [-0.2, 0) is 21.7 Å². The van der Waals surface area contributed by atoms with E-state index < -0.39 is 8.07 Å². The smallest absolute Gasteiger partial charge is 1.00 e. The topological polar surface area (TPSA) is 0 Å². The molecule has 0 aliphatic heterocycles. The molecular weight excluding hydrogens is 627 g/mol. The van der Waals surface area contributed by atoms with Crippen LogP contribution in [0.3, 0.4) is 0 Å². The van der Waals surface area contributed by atoms with Crippen LogP contribution >= 0.6 is 0 Å². The van der Waals surface area contributed by atoms with Crippen LogP contribution in [0.15, 0.2) is 96.6 Å². The number of hydrogen-bond donors (Lipinski definition) is 0. The van der Waals surface area contributed by atoms with Gasteiger partial charge in [-0.1, -0.05) is 149 Å². The van der Waals surface area contributed by atoms with Crippen LogP contribution in [-0.4, -0.2) is 8.07 Å². The van der Waals surface area contributed by atoms with E-state index in [4.69, 9.17) is 0 Å². The summed E-state index contributed by atoms with van der Waals surface area (Å²) in [5.74, 6) is 2.71. The Morgan fingerprint density at radius 3 is 1.45 bits per heavy atom. The van der Waals surface area contributed by atoms with Gasteiger partial charge in [-0.2, -0.15) is 5.54 Å². The van der Waals surface area contributed by atoms with Crippen molar-refractivity contribution in [2.45, 2.75) is 79.1 Å². The summed E-state index contributed by atoms with van der Waals surface area (Å²) in [5, 5.41) is 4.63. The van der Waals surface area contributed by atoms with Gasteiger partial charge in [-0.05, 0) is 46.8 Å². The van der Waals surface area contributed by atoms with E-state index in [1.807, 2.05) is 0 Å². The second-order valence-electron chi connectivity index (χ2n) is 12.6. The van der Waals surface area contributed by atoms with Crippen LogP contribution in [0.25, 0.3) is 0 Å². The maximum atomic E-state index is 2.58. The molecule has 0 radical (unpaired) electrons. The van der Waals surface area contributed by atoms with E-state index in [0.717, 1.165) is 0 Å². The van der Waals surface area contributed by atoms with Gasteiger partial charge in [0.1, 0.15) is 0 Å². The molecule has 222 valence electrons. The molecule has 0 N–H and O–H groups in total. The fourth-order valence-corrected chi connectivity index (χ4v) is 12.7. The number of rotatable bonds is 7. The second kappa shape index (κ2) is 16.2. The molecule has 5 heteroatoms. The number of fused-ring (bicyclic) bond motifs is 1. The third kappa shape index (κ3) is 7.20. The number of allylic oxidation sites excluding steroid dienone is 4. The van der Waals surface area contributed by atoms with Gasteiger partial charge < -0.3 is 37.2 Å². The van der Waals surface area contributed by atoms with Crippen LogP contribution in [0.2, 0.25) is 0 Å². The van der Waals surface area contributed by atoms with Gasteiger partial charge in [0, 0.05) is 0 Å². The van der Waals surface area contributed by atoms with Gasteiger partial charge in [-0.25, -0.2) is 11.6 Å². The molecule has 2 aliphatic rings. The molecule has 0 nitrogen and oxygen atoms in total. The van der Waals surface area contributed by atoms with E-state index in [2.05, 4.69) is 139 Å². The summed E-state index contributed by atoms with van der Waals surface area (Å²) in [5.41, 5.74) is 7.71. The first-order chi connectivity index (χ1) is 18.2. The fourth-order valence-electron chi connectivity index (χ4n) is 6.99. The molecule has 2 unspecified atom stereocenters. The Hall–Kier alpha value is -1.19. The minimum absolute atomic E-state index is 0. The standard InChI is InChI=1S/C37H45Si.3ClH.Ti/c1-25(2)29-14-10-17-33(22-29)38(34-18-11-15-30(23-34)26(3)4,35-19-12-16-31(24-35)27(5)6)37-28(7)21-32-13-8-9-20-36(32)37;;;;/h8-12,14-20,22-28,32H,13,21H2,1-7H3;3*1H;/q-1;;;;+4/p-3. The molecule has 0 bridgehead atoms. The summed E-state index contributed by atoms with van der Waals surface area (Å²) in [7, 11) is -2.58. The molecule has 3 aromatic carbocycles. The summed E-state index contributed by atoms with van der Waals surface area (Å²) in [6.07, 6.45) is 9.61. The van der Waals surface area contributed by atoms with Crippen molar-refractivity contribution in [3.05, 3.63) is 119 Å². The Labute approximate surface area is 290 Å². The quantitative estimate of drug-likeness (QED) is 0.175. The third-order valence-electron chi connectivity index (χ3n) is 9.08. The molecule has 2 aliphatic carbocycles. The van der Waals surface area contributed by atoms with Crippen LogP contribution in [0.4, 0.5) is 0 Å². The van der Waals surface area contributed by atoms with Crippen molar-refractivity contribution >= 4 is 23.6 Å². The zero-order valence-corrected chi connectivity index (χ0v) is 30.9. The molecule has 2 atom stereocenters. The normalized spacial score (nSPS) is 17.6. The average Bonchev–Trinajstić information content (AvgIpc) is 3.26. The summed E-state index contributed by atoms with van der Waals surface area (Å²) in [6, 6.07) is 29.1. The number of hydrogen-bond acceptors (Lipinski definition) is 0. The van der Waals surface area contributed by atoms with Gasteiger partial charge >= 0.3 is 21.7 Å². The third-order valence-corrected chi connectivity index (χ3v) is 14.2. The van der Waals surface area contributed by atoms with Crippen molar-refractivity contribution in [3.63, 3.8) is 0 Å². The van der Waals surface area contributed by atoms with Gasteiger partial charge in [0.25, 0.3) is 0 Å². The Morgan fingerprint density at radius 1 is 0.667 bits per heavy atom. The van der Waals surface area contributed by atoms with Crippen molar-refractivity contribution < 1.29 is 58.9 Å². The first-order valence-corrected chi connectivity index (χ1v) is 16.8. The Balaban J connectivity index is 0.00000220. The summed E-state index contributed by atoms with van der Waals surface area (Å²) in [4.78, 5) is 0. The average molecular weight is 672 g/mol. The maximum absolute atomic E-state index is 2.58. The first-order valence-electron chi connectivity index (χ1n) is 14.8.